The third-order valence-corrected chi connectivity index (χ3v) is 8.36. The van der Waals surface area contributed by atoms with Gasteiger partial charge >= 0.3 is 0 Å². The van der Waals surface area contributed by atoms with Crippen LogP contribution in [0.3, 0.4) is 0 Å². The molecule has 2 nitrogen and oxygen atoms in total. The minimum Gasteiger partial charge on any atom is -0.256 e. The maximum atomic E-state index is 9.72. The second-order valence-corrected chi connectivity index (χ2v) is 13.0. The van der Waals surface area contributed by atoms with Gasteiger partial charge in [0.1, 0.15) is 0 Å². The van der Waals surface area contributed by atoms with E-state index in [1.165, 1.54) is 58.8 Å². The number of fused-ring (bicyclic) bond motifs is 5. The molecule has 6 rings (SSSR count). The summed E-state index contributed by atoms with van der Waals surface area (Å²) >= 11 is 1.90. The van der Waals surface area contributed by atoms with E-state index in [4.69, 9.17) is 4.98 Å². The van der Waals surface area contributed by atoms with Crippen molar-refractivity contribution < 1.29 is 0 Å². The Hall–Kier alpha value is -3.35. The van der Waals surface area contributed by atoms with Gasteiger partial charge < -0.3 is 0 Å². The highest BCUT2D eigenvalue weighted by molar-refractivity contribution is 8.00. The van der Waals surface area contributed by atoms with Crippen molar-refractivity contribution in [2.45, 2.75) is 57.3 Å². The zero-order valence-corrected chi connectivity index (χ0v) is 22.4. The Kier molecular flexibility index (Phi) is 5.18. The summed E-state index contributed by atoms with van der Waals surface area (Å²) in [4.78, 5) is 7.60. The largest absolute Gasteiger partial charge is 0.256 e. The van der Waals surface area contributed by atoms with Crippen LogP contribution >= 0.6 is 11.8 Å². The quantitative estimate of drug-likeness (QED) is 0.234. The predicted octanol–water partition coefficient (Wildman–Crippen LogP) is 9.35. The van der Waals surface area contributed by atoms with E-state index in [9.17, 15) is 5.26 Å². The van der Waals surface area contributed by atoms with E-state index in [1.807, 2.05) is 31.8 Å². The Balaban J connectivity index is 1.69. The number of hydrogen-bond donors (Lipinski definition) is 0. The maximum Gasteiger partial charge on any atom is 0.0803 e. The van der Waals surface area contributed by atoms with E-state index < -0.39 is 5.41 Å². The molecule has 0 amide bonds. The SMILES string of the molecule is CC(C)(C)Cc1c2c(cc3ccccc13)-c1nccc3c1c(cc1cccc(CC(C)(C)C#N)c13)S2. The number of pyridine rings is 1. The van der Waals surface area contributed by atoms with Crippen LogP contribution in [0.5, 0.6) is 0 Å². The summed E-state index contributed by atoms with van der Waals surface area (Å²) < 4.78 is 0. The van der Waals surface area contributed by atoms with Crippen molar-refractivity contribution >= 4 is 44.1 Å². The lowest BCUT2D eigenvalue weighted by atomic mass is 9.83. The first-order chi connectivity index (χ1) is 17.1. The topological polar surface area (TPSA) is 36.7 Å². The van der Waals surface area contributed by atoms with Crippen molar-refractivity contribution in [1.82, 2.24) is 4.98 Å². The van der Waals surface area contributed by atoms with Gasteiger partial charge in [0, 0.05) is 26.9 Å². The van der Waals surface area contributed by atoms with Crippen molar-refractivity contribution in [2.24, 2.45) is 10.8 Å². The summed E-state index contributed by atoms with van der Waals surface area (Å²) in [6, 6.07) is 24.6. The molecule has 36 heavy (non-hydrogen) atoms. The summed E-state index contributed by atoms with van der Waals surface area (Å²) in [5.41, 5.74) is 4.72. The van der Waals surface area contributed by atoms with Crippen molar-refractivity contribution in [1.29, 1.82) is 5.26 Å². The molecule has 4 aromatic carbocycles. The van der Waals surface area contributed by atoms with E-state index in [1.54, 1.807) is 0 Å². The molecule has 0 fully saturated rings. The van der Waals surface area contributed by atoms with E-state index in [-0.39, 0.29) is 5.41 Å². The van der Waals surface area contributed by atoms with Gasteiger partial charge in [-0.1, -0.05) is 75.0 Å². The highest BCUT2D eigenvalue weighted by Crippen LogP contribution is 2.52. The van der Waals surface area contributed by atoms with Crippen molar-refractivity contribution in [3.8, 4) is 17.3 Å². The van der Waals surface area contributed by atoms with Crippen molar-refractivity contribution in [2.75, 3.05) is 0 Å². The van der Waals surface area contributed by atoms with Gasteiger partial charge in [-0.25, -0.2) is 0 Å². The van der Waals surface area contributed by atoms with E-state index >= 15 is 0 Å². The molecule has 0 unspecified atom stereocenters. The molecule has 2 heterocycles. The third-order valence-electron chi connectivity index (χ3n) is 7.15. The molecule has 0 atom stereocenters. The molecule has 0 saturated carbocycles. The monoisotopic (exact) mass is 486 g/mol. The Morgan fingerprint density at radius 2 is 1.61 bits per heavy atom. The molecule has 0 bridgehead atoms. The van der Waals surface area contributed by atoms with E-state index in [0.29, 0.717) is 0 Å². The van der Waals surface area contributed by atoms with Crippen LogP contribution in [0.2, 0.25) is 0 Å². The van der Waals surface area contributed by atoms with Crippen LogP contribution in [0, 0.1) is 22.2 Å². The van der Waals surface area contributed by atoms with Crippen molar-refractivity contribution in [3.63, 3.8) is 0 Å². The molecule has 5 aromatic rings. The zero-order valence-electron chi connectivity index (χ0n) is 21.6. The molecule has 1 aliphatic rings. The van der Waals surface area contributed by atoms with E-state index in [2.05, 4.69) is 87.5 Å². The van der Waals surface area contributed by atoms with E-state index in [0.717, 1.165) is 18.5 Å². The van der Waals surface area contributed by atoms with Crippen LogP contribution in [-0.4, -0.2) is 4.98 Å². The molecular formula is C33H30N2S. The highest BCUT2D eigenvalue weighted by Gasteiger charge is 2.28. The Labute approximate surface area is 217 Å². The molecule has 0 spiro atoms. The molecule has 0 saturated heterocycles. The molecule has 1 aromatic heterocycles. The minimum atomic E-state index is -0.422. The summed E-state index contributed by atoms with van der Waals surface area (Å²) in [7, 11) is 0. The fourth-order valence-corrected chi connectivity index (χ4v) is 6.95. The normalized spacial score (nSPS) is 13.2. The van der Waals surface area contributed by atoms with Gasteiger partial charge in [0.15, 0.2) is 0 Å². The molecule has 3 heteroatoms. The molecule has 0 N–H and O–H groups in total. The lowest BCUT2D eigenvalue weighted by Crippen LogP contribution is -2.12. The smallest absolute Gasteiger partial charge is 0.0803 e. The first-order valence-electron chi connectivity index (χ1n) is 12.6. The Morgan fingerprint density at radius 3 is 2.39 bits per heavy atom. The van der Waals surface area contributed by atoms with Gasteiger partial charge in [0.05, 0.1) is 17.2 Å². The second-order valence-electron chi connectivity index (χ2n) is 11.9. The van der Waals surface area contributed by atoms with Crippen LogP contribution in [-0.2, 0) is 12.8 Å². The molecule has 178 valence electrons. The summed E-state index contributed by atoms with van der Waals surface area (Å²) in [6.07, 6.45) is 3.69. The fourth-order valence-electron chi connectivity index (χ4n) is 5.66. The van der Waals surface area contributed by atoms with Gasteiger partial charge in [-0.05, 0) is 88.4 Å². The number of aromatic nitrogens is 1. The van der Waals surface area contributed by atoms with Gasteiger partial charge in [-0.3, -0.25) is 4.98 Å². The summed E-state index contributed by atoms with van der Waals surface area (Å²) in [6.45, 7) is 11.0. The molecule has 1 aliphatic heterocycles. The average Bonchev–Trinajstić information content (AvgIpc) is 2.83. The maximum absolute atomic E-state index is 9.72. The van der Waals surface area contributed by atoms with Gasteiger partial charge in [0.25, 0.3) is 0 Å². The second kappa shape index (κ2) is 8.08. The molecule has 0 radical (unpaired) electrons. The first-order valence-corrected chi connectivity index (χ1v) is 13.4. The fraction of sp³-hybridized carbons (Fsp3) is 0.273. The number of nitrogens with zero attached hydrogens (tertiary/aromatic N) is 2. The number of hydrogen-bond acceptors (Lipinski definition) is 3. The summed E-state index contributed by atoms with van der Waals surface area (Å²) in [5, 5.41) is 17.3. The lowest BCUT2D eigenvalue weighted by Gasteiger charge is -2.28. The van der Waals surface area contributed by atoms with Gasteiger partial charge in [-0.2, -0.15) is 5.26 Å². The number of rotatable bonds is 3. The van der Waals surface area contributed by atoms with Crippen LogP contribution in [0.1, 0.15) is 45.7 Å². The number of nitriles is 1. The summed E-state index contributed by atoms with van der Waals surface area (Å²) in [5.74, 6) is 0. The van der Waals surface area contributed by atoms with Gasteiger partial charge in [-0.15, -0.1) is 0 Å². The standard InChI is InChI=1S/C33H30N2S/c1-32(2,3)18-26-23-12-7-6-9-20(23)15-25-30-29-24(13-14-35-30)28-21(16-27(29)36-31(25)26)10-8-11-22(28)17-33(4,5)19-34/h6-16H,17-18H2,1-5H3. The molecular weight excluding hydrogens is 456 g/mol. The van der Waals surface area contributed by atoms with Crippen LogP contribution in [0.15, 0.2) is 76.7 Å². The molecule has 0 aliphatic carbocycles. The first kappa shape index (κ1) is 23.1. The number of benzene rings is 4. The zero-order chi connectivity index (χ0) is 25.2. The third kappa shape index (κ3) is 3.76. The highest BCUT2D eigenvalue weighted by atomic mass is 32.2. The van der Waals surface area contributed by atoms with Crippen molar-refractivity contribution in [3.05, 3.63) is 78.0 Å². The Morgan fingerprint density at radius 1 is 0.833 bits per heavy atom. The van der Waals surface area contributed by atoms with Crippen LogP contribution in [0.4, 0.5) is 0 Å². The van der Waals surface area contributed by atoms with Crippen LogP contribution < -0.4 is 0 Å². The predicted molar refractivity (Wildman–Crippen MR) is 153 cm³/mol. The minimum absolute atomic E-state index is 0.171. The van der Waals surface area contributed by atoms with Crippen LogP contribution in [0.25, 0.3) is 43.6 Å². The van der Waals surface area contributed by atoms with Gasteiger partial charge in [0.2, 0.25) is 0 Å². The average molecular weight is 487 g/mol. The lowest BCUT2D eigenvalue weighted by molar-refractivity contribution is 0.410. The Bertz CT molecular complexity index is 1730.